The minimum Gasteiger partial charge on any atom is -0.418 e. The van der Waals surface area contributed by atoms with Crippen molar-refractivity contribution in [1.29, 1.82) is 0 Å². The summed E-state index contributed by atoms with van der Waals surface area (Å²) in [6.45, 7) is 0. The van der Waals surface area contributed by atoms with Gasteiger partial charge in [0.1, 0.15) is 0 Å². The summed E-state index contributed by atoms with van der Waals surface area (Å²) < 4.78 is 54.0. The van der Waals surface area contributed by atoms with Gasteiger partial charge in [-0.2, -0.15) is 8.78 Å². The van der Waals surface area contributed by atoms with Crippen LogP contribution in [0.25, 0.3) is 0 Å². The van der Waals surface area contributed by atoms with E-state index in [2.05, 4.69) is 20.7 Å². The van der Waals surface area contributed by atoms with Crippen molar-refractivity contribution < 1.29 is 22.3 Å². The molecular weight excluding hydrogens is 336 g/mol. The Morgan fingerprint density at radius 3 is 1.93 bits per heavy atom. The first-order valence-electron chi connectivity index (χ1n) is 3.20. The summed E-state index contributed by atoms with van der Waals surface area (Å²) in [6.07, 6.45) is 0. The minimum atomic E-state index is -3.80. The Kier molecular flexibility index (Phi) is 3.41. The number of hydrogen-bond donors (Lipinski definition) is 0. The zero-order valence-electron chi connectivity index (χ0n) is 6.33. The van der Waals surface area contributed by atoms with Gasteiger partial charge < -0.3 is 4.74 Å². The number of benzene rings is 1. The number of ether oxygens (including phenoxy) is 1. The van der Waals surface area contributed by atoms with Crippen molar-refractivity contribution in [2.45, 2.75) is 5.02 Å². The van der Waals surface area contributed by atoms with Gasteiger partial charge in [0.15, 0.2) is 17.4 Å². The molecule has 1 nitrogen and oxygen atoms in total. The van der Waals surface area contributed by atoms with Crippen LogP contribution in [0.15, 0.2) is 16.6 Å². The second kappa shape index (κ2) is 4.06. The normalized spacial score (nSPS) is 11.6. The fourth-order valence-corrected chi connectivity index (χ4v) is 1.31. The van der Waals surface area contributed by atoms with E-state index in [9.17, 15) is 17.6 Å². The summed E-state index contributed by atoms with van der Waals surface area (Å²) in [4.78, 5) is 0. The smallest absolute Gasteiger partial charge is 0.418 e. The van der Waals surface area contributed by atoms with Crippen LogP contribution in [-0.2, 0) is 0 Å². The highest BCUT2D eigenvalue weighted by Gasteiger charge is 2.30. The predicted molar refractivity (Wildman–Crippen MR) is 48.6 cm³/mol. The van der Waals surface area contributed by atoms with Crippen LogP contribution in [0.5, 0.6) is 5.75 Å². The van der Waals surface area contributed by atoms with Crippen LogP contribution < -0.4 is 4.74 Å². The Hall–Kier alpha value is -0.300. The highest BCUT2D eigenvalue weighted by molar-refractivity contribution is 9.10. The highest BCUT2D eigenvalue weighted by Crippen LogP contribution is 2.32. The van der Waals surface area contributed by atoms with E-state index in [0.717, 1.165) is 12.1 Å². The van der Waals surface area contributed by atoms with E-state index in [-0.39, 0.29) is 4.47 Å². The largest absolute Gasteiger partial charge is 0.459 e. The molecule has 0 aliphatic carbocycles. The molecule has 0 N–H and O–H groups in total. The lowest BCUT2D eigenvalue weighted by molar-refractivity contribution is -0.0846. The molecule has 0 heterocycles. The Morgan fingerprint density at radius 2 is 1.57 bits per heavy atom. The average Bonchev–Trinajstić information content (AvgIpc) is 1.95. The van der Waals surface area contributed by atoms with Gasteiger partial charge >= 0.3 is 5.02 Å². The summed E-state index contributed by atoms with van der Waals surface area (Å²) in [7, 11) is 0. The molecular formula is C7H2Br2F4O. The molecule has 0 aliphatic rings. The molecule has 0 aromatic heterocycles. The first-order valence-corrected chi connectivity index (χ1v) is 4.78. The van der Waals surface area contributed by atoms with Gasteiger partial charge in [-0.05, 0) is 12.1 Å². The summed E-state index contributed by atoms with van der Waals surface area (Å²) in [5.74, 6) is -3.55. The molecule has 0 atom stereocenters. The molecule has 0 saturated heterocycles. The Labute approximate surface area is 93.3 Å². The second-order valence-corrected chi connectivity index (χ2v) is 4.09. The standard InChI is InChI=1S/C7H2Br2F4O/c8-3-1-4(10)6(5(11)2-3)14-7(9,12)13/h1-2H. The Balaban J connectivity index is 3.09. The summed E-state index contributed by atoms with van der Waals surface area (Å²) in [6, 6.07) is 1.63. The first-order chi connectivity index (χ1) is 6.29. The number of alkyl halides is 3. The van der Waals surface area contributed by atoms with Crippen LogP contribution in [-0.4, -0.2) is 5.02 Å². The van der Waals surface area contributed by atoms with Crippen LogP contribution in [0, 0.1) is 11.6 Å². The number of hydrogen-bond acceptors (Lipinski definition) is 1. The lowest BCUT2D eigenvalue weighted by atomic mass is 10.3. The molecule has 1 rings (SSSR count). The zero-order chi connectivity index (χ0) is 10.9. The topological polar surface area (TPSA) is 9.23 Å². The molecule has 7 heteroatoms. The van der Waals surface area contributed by atoms with Crippen molar-refractivity contribution >= 4 is 31.9 Å². The van der Waals surface area contributed by atoms with E-state index in [0.29, 0.717) is 0 Å². The van der Waals surface area contributed by atoms with E-state index >= 15 is 0 Å². The van der Waals surface area contributed by atoms with Gasteiger partial charge in [-0.15, -0.1) is 0 Å². The Morgan fingerprint density at radius 1 is 1.14 bits per heavy atom. The molecule has 0 bridgehead atoms. The van der Waals surface area contributed by atoms with Gasteiger partial charge in [-0.25, -0.2) is 8.78 Å². The van der Waals surface area contributed by atoms with Gasteiger partial charge in [-0.1, -0.05) is 15.9 Å². The zero-order valence-corrected chi connectivity index (χ0v) is 9.50. The van der Waals surface area contributed by atoms with E-state index in [4.69, 9.17) is 0 Å². The summed E-state index contributed by atoms with van der Waals surface area (Å²) in [5.41, 5.74) is 0. The third-order valence-electron chi connectivity index (χ3n) is 1.18. The summed E-state index contributed by atoms with van der Waals surface area (Å²) in [5, 5.41) is -3.80. The van der Waals surface area contributed by atoms with Crippen molar-refractivity contribution in [2.75, 3.05) is 0 Å². The van der Waals surface area contributed by atoms with Crippen molar-refractivity contribution in [3.05, 3.63) is 28.2 Å². The lowest BCUT2D eigenvalue weighted by Crippen LogP contribution is -2.16. The average molecular weight is 338 g/mol. The predicted octanol–water partition coefficient (Wildman–Crippen LogP) is 4.05. The Bertz CT molecular complexity index is 327. The van der Waals surface area contributed by atoms with Crippen molar-refractivity contribution in [2.24, 2.45) is 0 Å². The fourth-order valence-electron chi connectivity index (χ4n) is 0.742. The highest BCUT2D eigenvalue weighted by atomic mass is 79.9. The van der Waals surface area contributed by atoms with Crippen LogP contribution >= 0.6 is 31.9 Å². The van der Waals surface area contributed by atoms with Crippen LogP contribution in [0.4, 0.5) is 17.6 Å². The molecule has 0 aliphatic heterocycles. The fraction of sp³-hybridized carbons (Fsp3) is 0.143. The van der Waals surface area contributed by atoms with Crippen LogP contribution in [0.1, 0.15) is 0 Å². The molecule has 78 valence electrons. The lowest BCUT2D eigenvalue weighted by Gasteiger charge is -2.12. The minimum absolute atomic E-state index is 0.0951. The molecule has 1 aromatic rings. The number of halogens is 6. The molecule has 0 unspecified atom stereocenters. The molecule has 1 aromatic carbocycles. The molecule has 0 amide bonds. The molecule has 0 saturated carbocycles. The van der Waals surface area contributed by atoms with E-state index < -0.39 is 22.4 Å². The van der Waals surface area contributed by atoms with Gasteiger partial charge in [0, 0.05) is 20.4 Å². The first kappa shape index (κ1) is 11.8. The van der Waals surface area contributed by atoms with Crippen LogP contribution in [0.2, 0.25) is 0 Å². The quantitative estimate of drug-likeness (QED) is 0.584. The van der Waals surface area contributed by atoms with E-state index in [1.165, 1.54) is 0 Å². The van der Waals surface area contributed by atoms with Gasteiger partial charge in [0.2, 0.25) is 0 Å². The van der Waals surface area contributed by atoms with E-state index in [1.807, 2.05) is 0 Å². The van der Waals surface area contributed by atoms with Gasteiger partial charge in [-0.3, -0.25) is 0 Å². The van der Waals surface area contributed by atoms with Crippen molar-refractivity contribution in [3.8, 4) is 5.75 Å². The maximum absolute atomic E-state index is 12.9. The SMILES string of the molecule is Fc1cc(Br)cc(F)c1OC(F)(F)Br. The van der Waals surface area contributed by atoms with Crippen LogP contribution in [0.3, 0.4) is 0 Å². The monoisotopic (exact) mass is 336 g/mol. The van der Waals surface area contributed by atoms with Crippen molar-refractivity contribution in [1.82, 2.24) is 0 Å². The van der Waals surface area contributed by atoms with Gasteiger partial charge in [0.25, 0.3) is 0 Å². The summed E-state index contributed by atoms with van der Waals surface area (Å²) >= 11 is 4.59. The maximum atomic E-state index is 12.9. The third kappa shape index (κ3) is 3.13. The van der Waals surface area contributed by atoms with Crippen molar-refractivity contribution in [3.63, 3.8) is 0 Å². The molecule has 14 heavy (non-hydrogen) atoms. The maximum Gasteiger partial charge on any atom is 0.459 e. The molecule has 0 spiro atoms. The molecule has 0 fully saturated rings. The van der Waals surface area contributed by atoms with E-state index in [1.54, 1.807) is 15.9 Å². The third-order valence-corrected chi connectivity index (χ3v) is 1.80. The molecule has 0 radical (unpaired) electrons. The second-order valence-electron chi connectivity index (χ2n) is 2.25. The number of rotatable bonds is 2. The van der Waals surface area contributed by atoms with Gasteiger partial charge in [0.05, 0.1) is 0 Å².